The van der Waals surface area contributed by atoms with Gasteiger partial charge in [0, 0.05) is 37.5 Å². The van der Waals surface area contributed by atoms with Gasteiger partial charge in [0.15, 0.2) is 0 Å². The van der Waals surface area contributed by atoms with Crippen LogP contribution < -0.4 is 15.6 Å². The molecule has 1 aliphatic heterocycles. The van der Waals surface area contributed by atoms with Crippen LogP contribution in [0.5, 0.6) is 5.75 Å². The fourth-order valence-corrected chi connectivity index (χ4v) is 3.26. The van der Waals surface area contributed by atoms with Gasteiger partial charge < -0.3 is 19.5 Å². The maximum atomic E-state index is 12.6. The first-order valence-corrected chi connectivity index (χ1v) is 9.64. The molecule has 0 radical (unpaired) electrons. The monoisotopic (exact) mass is 383 g/mol. The Balaban J connectivity index is 1.57. The van der Waals surface area contributed by atoms with Crippen LogP contribution in [0.1, 0.15) is 38.4 Å². The molecular weight excluding hydrogens is 354 g/mol. The summed E-state index contributed by atoms with van der Waals surface area (Å²) in [5, 5.41) is 2.95. The zero-order chi connectivity index (χ0) is 20.5. The van der Waals surface area contributed by atoms with E-state index in [1.54, 1.807) is 16.5 Å². The number of amides is 2. The SMILES string of the molecule is Cc1cc(OC2CCN(C(=O)Nc3ccc(C(C)(C)C)cc3)C2)cc(=O)n1C. The van der Waals surface area contributed by atoms with E-state index in [9.17, 15) is 9.59 Å². The number of nitrogens with zero attached hydrogens (tertiary/aromatic N) is 2. The molecule has 2 heterocycles. The highest BCUT2D eigenvalue weighted by atomic mass is 16.5. The van der Waals surface area contributed by atoms with E-state index < -0.39 is 0 Å². The summed E-state index contributed by atoms with van der Waals surface area (Å²) in [6.07, 6.45) is 0.630. The second-order valence-electron chi connectivity index (χ2n) is 8.46. The van der Waals surface area contributed by atoms with Gasteiger partial charge in [0.05, 0.1) is 6.54 Å². The van der Waals surface area contributed by atoms with Crippen LogP contribution in [-0.2, 0) is 12.5 Å². The normalized spacial score (nSPS) is 16.9. The highest BCUT2D eigenvalue weighted by molar-refractivity contribution is 5.89. The Hall–Kier alpha value is -2.76. The second kappa shape index (κ2) is 7.70. The molecule has 1 unspecified atom stereocenters. The van der Waals surface area contributed by atoms with E-state index in [4.69, 9.17) is 4.74 Å². The number of likely N-dealkylation sites (tertiary alicyclic amines) is 1. The van der Waals surface area contributed by atoms with E-state index in [0.717, 1.165) is 17.8 Å². The largest absolute Gasteiger partial charge is 0.488 e. The standard InChI is InChI=1S/C22H29N3O3/c1-15-12-19(13-20(26)24(15)5)28-18-10-11-25(14-18)21(27)23-17-8-6-16(7-9-17)22(2,3)4/h6-9,12-13,18H,10-11,14H2,1-5H3,(H,23,27). The first kappa shape index (κ1) is 20.0. The summed E-state index contributed by atoms with van der Waals surface area (Å²) < 4.78 is 7.52. The maximum Gasteiger partial charge on any atom is 0.321 e. The van der Waals surface area contributed by atoms with Gasteiger partial charge in [-0.2, -0.15) is 0 Å². The van der Waals surface area contributed by atoms with Gasteiger partial charge in [-0.15, -0.1) is 0 Å². The number of hydrogen-bond donors (Lipinski definition) is 1. The van der Waals surface area contributed by atoms with Crippen molar-refractivity contribution in [3.63, 3.8) is 0 Å². The van der Waals surface area contributed by atoms with Crippen LogP contribution in [0.3, 0.4) is 0 Å². The predicted octanol–water partition coefficient (Wildman–Crippen LogP) is 3.68. The van der Waals surface area contributed by atoms with Crippen molar-refractivity contribution in [1.29, 1.82) is 0 Å². The Labute approximate surface area is 166 Å². The number of nitrogens with one attached hydrogen (secondary N) is 1. The third-order valence-corrected chi connectivity index (χ3v) is 5.21. The van der Waals surface area contributed by atoms with E-state index in [1.165, 1.54) is 11.6 Å². The second-order valence-corrected chi connectivity index (χ2v) is 8.46. The molecule has 6 heteroatoms. The van der Waals surface area contributed by atoms with E-state index in [2.05, 4.69) is 26.1 Å². The number of pyridine rings is 1. The number of hydrogen-bond acceptors (Lipinski definition) is 3. The van der Waals surface area contributed by atoms with E-state index >= 15 is 0 Å². The van der Waals surface area contributed by atoms with Gasteiger partial charge in [-0.25, -0.2) is 4.79 Å². The third-order valence-electron chi connectivity index (χ3n) is 5.21. The lowest BCUT2D eigenvalue weighted by Gasteiger charge is -2.20. The highest BCUT2D eigenvalue weighted by Crippen LogP contribution is 2.24. The van der Waals surface area contributed by atoms with Crippen molar-refractivity contribution in [2.45, 2.75) is 45.6 Å². The minimum absolute atomic E-state index is 0.0822. The van der Waals surface area contributed by atoms with Crippen molar-refractivity contribution in [3.05, 3.63) is 58.0 Å². The third kappa shape index (κ3) is 4.55. The Bertz CT molecular complexity index is 910. The lowest BCUT2D eigenvalue weighted by molar-refractivity contribution is 0.194. The minimum Gasteiger partial charge on any atom is -0.488 e. The maximum absolute atomic E-state index is 12.6. The summed E-state index contributed by atoms with van der Waals surface area (Å²) in [4.78, 5) is 26.2. The number of rotatable bonds is 3. The minimum atomic E-state index is -0.130. The molecule has 0 saturated carbocycles. The number of carbonyl (C=O) groups is 1. The van der Waals surface area contributed by atoms with Crippen molar-refractivity contribution in [1.82, 2.24) is 9.47 Å². The van der Waals surface area contributed by atoms with Gasteiger partial charge in [-0.05, 0) is 36.1 Å². The molecule has 1 aromatic heterocycles. The summed E-state index contributed by atoms with van der Waals surface area (Å²) in [6, 6.07) is 11.2. The number of ether oxygens (including phenoxy) is 1. The molecule has 28 heavy (non-hydrogen) atoms. The zero-order valence-corrected chi connectivity index (χ0v) is 17.3. The van der Waals surface area contributed by atoms with Gasteiger partial charge in [0.2, 0.25) is 0 Å². The molecule has 1 atom stereocenters. The average Bonchev–Trinajstić information content (AvgIpc) is 3.08. The molecule has 6 nitrogen and oxygen atoms in total. The topological polar surface area (TPSA) is 63.6 Å². The molecule has 0 spiro atoms. The quantitative estimate of drug-likeness (QED) is 0.879. The molecule has 150 valence electrons. The van der Waals surface area contributed by atoms with Crippen LogP contribution in [-0.4, -0.2) is 34.7 Å². The van der Waals surface area contributed by atoms with Crippen molar-refractivity contribution < 1.29 is 9.53 Å². The Morgan fingerprint density at radius 1 is 1.18 bits per heavy atom. The summed E-state index contributed by atoms with van der Waals surface area (Å²) in [5.74, 6) is 0.561. The molecule has 1 saturated heterocycles. The van der Waals surface area contributed by atoms with Gasteiger partial charge in [0.1, 0.15) is 11.9 Å². The van der Waals surface area contributed by atoms with E-state index in [-0.39, 0.29) is 23.1 Å². The summed E-state index contributed by atoms with van der Waals surface area (Å²) in [7, 11) is 1.73. The van der Waals surface area contributed by atoms with Crippen LogP contribution >= 0.6 is 0 Å². The van der Waals surface area contributed by atoms with Crippen molar-refractivity contribution in [3.8, 4) is 5.75 Å². The predicted molar refractivity (Wildman–Crippen MR) is 111 cm³/mol. The lowest BCUT2D eigenvalue weighted by Crippen LogP contribution is -2.34. The highest BCUT2D eigenvalue weighted by Gasteiger charge is 2.28. The van der Waals surface area contributed by atoms with E-state index in [0.29, 0.717) is 18.8 Å². The molecule has 2 aromatic rings. The van der Waals surface area contributed by atoms with Crippen LogP contribution in [0.2, 0.25) is 0 Å². The molecule has 0 bridgehead atoms. The smallest absolute Gasteiger partial charge is 0.321 e. The number of benzene rings is 1. The molecule has 1 fully saturated rings. The molecule has 2 amide bonds. The van der Waals surface area contributed by atoms with Crippen molar-refractivity contribution >= 4 is 11.7 Å². The first-order valence-electron chi connectivity index (χ1n) is 9.64. The van der Waals surface area contributed by atoms with Crippen LogP contribution in [0.25, 0.3) is 0 Å². The van der Waals surface area contributed by atoms with Crippen LogP contribution in [0.4, 0.5) is 10.5 Å². The number of anilines is 1. The van der Waals surface area contributed by atoms with Gasteiger partial charge in [0.25, 0.3) is 5.56 Å². The lowest BCUT2D eigenvalue weighted by atomic mass is 9.87. The fraction of sp³-hybridized carbons (Fsp3) is 0.455. The summed E-state index contributed by atoms with van der Waals surface area (Å²) >= 11 is 0. The Kier molecular flexibility index (Phi) is 5.49. The average molecular weight is 383 g/mol. The van der Waals surface area contributed by atoms with Crippen LogP contribution in [0, 0.1) is 6.92 Å². The molecule has 3 rings (SSSR count). The molecule has 0 aliphatic carbocycles. The molecule has 1 aliphatic rings. The van der Waals surface area contributed by atoms with E-state index in [1.807, 2.05) is 37.3 Å². The first-order chi connectivity index (χ1) is 13.1. The van der Waals surface area contributed by atoms with Gasteiger partial charge in [-0.3, -0.25) is 4.79 Å². The number of carbonyl (C=O) groups excluding carboxylic acids is 1. The molecule has 1 N–H and O–H groups in total. The Morgan fingerprint density at radius 2 is 1.86 bits per heavy atom. The summed E-state index contributed by atoms with van der Waals surface area (Å²) in [5.41, 5.74) is 2.84. The number of aromatic nitrogens is 1. The zero-order valence-electron chi connectivity index (χ0n) is 17.3. The van der Waals surface area contributed by atoms with Gasteiger partial charge >= 0.3 is 6.03 Å². The molecule has 1 aromatic carbocycles. The Morgan fingerprint density at radius 3 is 2.46 bits per heavy atom. The van der Waals surface area contributed by atoms with Crippen molar-refractivity contribution in [2.24, 2.45) is 7.05 Å². The van der Waals surface area contributed by atoms with Crippen molar-refractivity contribution in [2.75, 3.05) is 18.4 Å². The fourth-order valence-electron chi connectivity index (χ4n) is 3.26. The summed E-state index contributed by atoms with van der Waals surface area (Å²) in [6.45, 7) is 9.48. The molecular formula is C22H29N3O3. The number of urea groups is 1. The van der Waals surface area contributed by atoms with Gasteiger partial charge in [-0.1, -0.05) is 32.9 Å². The van der Waals surface area contributed by atoms with Crippen LogP contribution in [0.15, 0.2) is 41.2 Å². The number of aryl methyl sites for hydroxylation is 1.